The Morgan fingerprint density at radius 3 is 2.62 bits per heavy atom. The van der Waals surface area contributed by atoms with Crippen LogP contribution in [0.25, 0.3) is 11.3 Å². The van der Waals surface area contributed by atoms with Gasteiger partial charge in [-0.15, -0.1) is 0 Å². The molecule has 1 aromatic carbocycles. The van der Waals surface area contributed by atoms with Crippen LogP contribution in [0.4, 0.5) is 0 Å². The zero-order chi connectivity index (χ0) is 11.5. The van der Waals surface area contributed by atoms with Gasteiger partial charge in [-0.3, -0.25) is 0 Å². The summed E-state index contributed by atoms with van der Waals surface area (Å²) in [5, 5.41) is 9.39. The monoisotopic (exact) mass is 215 g/mol. The highest BCUT2D eigenvalue weighted by atomic mass is 16.5. The number of aryl methyl sites for hydroxylation is 1. The molecule has 0 radical (unpaired) electrons. The molecule has 3 nitrogen and oxygen atoms in total. The number of nitrogens with zero attached hydrogens (tertiary/aromatic N) is 1. The molecule has 0 aliphatic carbocycles. The fourth-order valence-corrected chi connectivity index (χ4v) is 1.59. The average molecular weight is 215 g/mol. The largest absolute Gasteiger partial charge is 0.508 e. The van der Waals surface area contributed by atoms with Crippen LogP contribution in [0.1, 0.15) is 5.69 Å². The van der Waals surface area contributed by atoms with Gasteiger partial charge in [0.2, 0.25) is 0 Å². The minimum absolute atomic E-state index is 0.243. The number of ether oxygens (including phenoxy) is 1. The number of methoxy groups -OCH3 is 1. The smallest absolute Gasteiger partial charge is 0.140 e. The van der Waals surface area contributed by atoms with Crippen molar-refractivity contribution in [2.24, 2.45) is 0 Å². The second-order valence-corrected chi connectivity index (χ2v) is 3.53. The van der Waals surface area contributed by atoms with E-state index in [2.05, 4.69) is 4.98 Å². The topological polar surface area (TPSA) is 42.4 Å². The van der Waals surface area contributed by atoms with Crippen LogP contribution >= 0.6 is 0 Å². The molecule has 16 heavy (non-hydrogen) atoms. The number of hydrogen-bond acceptors (Lipinski definition) is 3. The number of rotatable bonds is 2. The maximum absolute atomic E-state index is 9.39. The third-order valence-electron chi connectivity index (χ3n) is 2.40. The normalized spacial score (nSPS) is 10.1. The van der Waals surface area contributed by atoms with Gasteiger partial charge in [-0.05, 0) is 31.2 Å². The summed E-state index contributed by atoms with van der Waals surface area (Å²) < 4.78 is 5.15. The van der Waals surface area contributed by atoms with Gasteiger partial charge in [0.25, 0.3) is 0 Å². The van der Waals surface area contributed by atoms with Crippen LogP contribution in [-0.2, 0) is 0 Å². The molecule has 3 heteroatoms. The van der Waals surface area contributed by atoms with Crippen LogP contribution < -0.4 is 4.74 Å². The van der Waals surface area contributed by atoms with Gasteiger partial charge in [0.1, 0.15) is 11.5 Å². The van der Waals surface area contributed by atoms with Crippen molar-refractivity contribution in [3.8, 4) is 22.8 Å². The van der Waals surface area contributed by atoms with Gasteiger partial charge in [-0.25, -0.2) is 4.98 Å². The van der Waals surface area contributed by atoms with E-state index in [1.165, 1.54) is 0 Å². The summed E-state index contributed by atoms with van der Waals surface area (Å²) in [4.78, 5) is 4.42. The zero-order valence-electron chi connectivity index (χ0n) is 9.27. The lowest BCUT2D eigenvalue weighted by molar-refractivity contribution is 0.409. The average Bonchev–Trinajstić information content (AvgIpc) is 2.29. The Bertz CT molecular complexity index is 509. The van der Waals surface area contributed by atoms with E-state index in [4.69, 9.17) is 4.74 Å². The molecular weight excluding hydrogens is 202 g/mol. The predicted octanol–water partition coefficient (Wildman–Crippen LogP) is 2.77. The molecule has 0 aliphatic rings. The second-order valence-electron chi connectivity index (χ2n) is 3.53. The van der Waals surface area contributed by atoms with Gasteiger partial charge in [0, 0.05) is 5.56 Å². The number of aromatic nitrogens is 1. The molecule has 2 rings (SSSR count). The van der Waals surface area contributed by atoms with Crippen LogP contribution in [0.2, 0.25) is 0 Å². The number of aromatic hydroxyl groups is 1. The number of benzene rings is 1. The summed E-state index contributed by atoms with van der Waals surface area (Å²) in [7, 11) is 1.62. The Labute approximate surface area is 94.3 Å². The molecule has 0 bridgehead atoms. The van der Waals surface area contributed by atoms with Crippen molar-refractivity contribution in [3.63, 3.8) is 0 Å². The van der Waals surface area contributed by atoms with Crippen molar-refractivity contribution in [2.45, 2.75) is 6.92 Å². The van der Waals surface area contributed by atoms with E-state index >= 15 is 0 Å². The zero-order valence-corrected chi connectivity index (χ0v) is 9.27. The first-order valence-corrected chi connectivity index (χ1v) is 5.02. The molecule has 2 aromatic rings. The quantitative estimate of drug-likeness (QED) is 0.837. The first-order valence-electron chi connectivity index (χ1n) is 5.02. The predicted molar refractivity (Wildman–Crippen MR) is 62.6 cm³/mol. The van der Waals surface area contributed by atoms with Crippen LogP contribution in [0, 0.1) is 6.92 Å². The first kappa shape index (κ1) is 10.5. The van der Waals surface area contributed by atoms with Gasteiger partial charge in [0.15, 0.2) is 0 Å². The molecule has 0 aliphatic heterocycles. The molecule has 0 spiro atoms. The Morgan fingerprint density at radius 2 is 2.00 bits per heavy atom. The number of pyridine rings is 1. The van der Waals surface area contributed by atoms with Gasteiger partial charge in [-0.2, -0.15) is 0 Å². The molecule has 0 fully saturated rings. The summed E-state index contributed by atoms with van der Waals surface area (Å²) >= 11 is 0. The molecule has 0 atom stereocenters. The third kappa shape index (κ3) is 1.98. The minimum Gasteiger partial charge on any atom is -0.508 e. The lowest BCUT2D eigenvalue weighted by Crippen LogP contribution is -1.92. The number of hydrogen-bond donors (Lipinski definition) is 1. The molecule has 0 amide bonds. The SMILES string of the molecule is COc1ccc(-c2cccc(O)c2)nc1C. The van der Waals surface area contributed by atoms with Crippen molar-refractivity contribution in [2.75, 3.05) is 7.11 Å². The molecule has 0 saturated heterocycles. The summed E-state index contributed by atoms with van der Waals surface area (Å²) in [6.07, 6.45) is 0. The summed E-state index contributed by atoms with van der Waals surface area (Å²) in [6, 6.07) is 10.8. The Hall–Kier alpha value is -2.03. The van der Waals surface area contributed by atoms with E-state index in [0.29, 0.717) is 0 Å². The van der Waals surface area contributed by atoms with E-state index < -0.39 is 0 Å². The Kier molecular flexibility index (Phi) is 2.77. The maximum atomic E-state index is 9.39. The van der Waals surface area contributed by atoms with Crippen molar-refractivity contribution < 1.29 is 9.84 Å². The van der Waals surface area contributed by atoms with Gasteiger partial charge in [-0.1, -0.05) is 12.1 Å². The molecule has 1 heterocycles. The number of phenols is 1. The minimum atomic E-state index is 0.243. The van der Waals surface area contributed by atoms with Crippen molar-refractivity contribution in [1.29, 1.82) is 0 Å². The Morgan fingerprint density at radius 1 is 1.19 bits per heavy atom. The molecule has 82 valence electrons. The summed E-state index contributed by atoms with van der Waals surface area (Å²) in [5.74, 6) is 1.01. The lowest BCUT2D eigenvalue weighted by Gasteiger charge is -2.06. The van der Waals surface area contributed by atoms with E-state index in [1.807, 2.05) is 25.1 Å². The fraction of sp³-hybridized carbons (Fsp3) is 0.154. The van der Waals surface area contributed by atoms with E-state index in [9.17, 15) is 5.11 Å². The van der Waals surface area contributed by atoms with E-state index in [-0.39, 0.29) is 5.75 Å². The lowest BCUT2D eigenvalue weighted by atomic mass is 10.1. The van der Waals surface area contributed by atoms with Crippen LogP contribution in [-0.4, -0.2) is 17.2 Å². The summed E-state index contributed by atoms with van der Waals surface area (Å²) in [6.45, 7) is 1.89. The standard InChI is InChI=1S/C13H13NO2/c1-9-13(16-2)7-6-12(14-9)10-4-3-5-11(15)8-10/h3-8,15H,1-2H3. The van der Waals surface area contributed by atoms with Crippen molar-refractivity contribution in [1.82, 2.24) is 4.98 Å². The maximum Gasteiger partial charge on any atom is 0.140 e. The molecule has 1 aromatic heterocycles. The van der Waals surface area contributed by atoms with Crippen LogP contribution in [0.5, 0.6) is 11.5 Å². The second kappa shape index (κ2) is 4.23. The van der Waals surface area contributed by atoms with Crippen LogP contribution in [0.3, 0.4) is 0 Å². The van der Waals surface area contributed by atoms with Gasteiger partial charge >= 0.3 is 0 Å². The van der Waals surface area contributed by atoms with Gasteiger partial charge < -0.3 is 9.84 Å². The molecular formula is C13H13NO2. The van der Waals surface area contributed by atoms with Crippen LogP contribution in [0.15, 0.2) is 36.4 Å². The van der Waals surface area contributed by atoms with Gasteiger partial charge in [0.05, 0.1) is 18.5 Å². The molecule has 0 saturated carbocycles. The highest BCUT2D eigenvalue weighted by Gasteiger charge is 2.04. The molecule has 0 unspecified atom stereocenters. The summed E-state index contributed by atoms with van der Waals surface area (Å²) in [5.41, 5.74) is 2.56. The third-order valence-corrected chi connectivity index (χ3v) is 2.40. The van der Waals surface area contributed by atoms with E-state index in [0.717, 1.165) is 22.7 Å². The molecule has 1 N–H and O–H groups in total. The fourth-order valence-electron chi connectivity index (χ4n) is 1.59. The van der Waals surface area contributed by atoms with Crippen molar-refractivity contribution >= 4 is 0 Å². The number of phenolic OH excluding ortho intramolecular Hbond substituents is 1. The Balaban J connectivity index is 2.45. The highest BCUT2D eigenvalue weighted by Crippen LogP contribution is 2.24. The first-order chi connectivity index (χ1) is 7.70. The highest BCUT2D eigenvalue weighted by molar-refractivity contribution is 5.61. The van der Waals surface area contributed by atoms with E-state index in [1.54, 1.807) is 25.3 Å². The van der Waals surface area contributed by atoms with Crippen molar-refractivity contribution in [3.05, 3.63) is 42.1 Å².